The summed E-state index contributed by atoms with van der Waals surface area (Å²) >= 11 is 3.40. The van der Waals surface area contributed by atoms with Crippen molar-refractivity contribution in [1.82, 2.24) is 4.57 Å². The molecule has 10 nitrogen and oxygen atoms in total. The Labute approximate surface area is 261 Å². The van der Waals surface area contributed by atoms with Crippen LogP contribution >= 0.6 is 33.9 Å². The fraction of sp³-hybridized carbons (Fsp3) is 0.129. The first kappa shape index (κ1) is 28.6. The Hall–Kier alpha value is -4.56. The molecular formula is C31H22IN3O7S. The van der Waals surface area contributed by atoms with E-state index in [1.165, 1.54) is 28.0 Å². The Bertz CT molecular complexity index is 2100. The lowest BCUT2D eigenvalue weighted by Crippen LogP contribution is -2.39. The SMILES string of the molecule is CCOC(=O)C1=C(C)N=c2s/c(=C\c3ccc(-c4ccc(I)cc4)o3)c(=O)n2[C@@H]1c1ccc(-c2cccc([N+](=O)[O-])c2)o1. The Kier molecular flexibility index (Phi) is 7.71. The number of hydrogen-bond donors (Lipinski definition) is 0. The highest BCUT2D eigenvalue weighted by Gasteiger charge is 2.35. The van der Waals surface area contributed by atoms with Crippen molar-refractivity contribution in [3.05, 3.63) is 129 Å². The topological polar surface area (TPSA) is 130 Å². The van der Waals surface area contributed by atoms with Crippen molar-refractivity contribution in [2.45, 2.75) is 19.9 Å². The van der Waals surface area contributed by atoms with Crippen molar-refractivity contribution < 1.29 is 23.3 Å². The van der Waals surface area contributed by atoms with Crippen molar-refractivity contribution in [2.24, 2.45) is 4.99 Å². The van der Waals surface area contributed by atoms with E-state index < -0.39 is 16.9 Å². The molecule has 0 unspecified atom stereocenters. The second kappa shape index (κ2) is 11.6. The number of halogens is 1. The second-order valence-corrected chi connectivity index (χ2v) is 11.8. The molecule has 1 atom stereocenters. The van der Waals surface area contributed by atoms with E-state index in [4.69, 9.17) is 13.6 Å². The van der Waals surface area contributed by atoms with Crippen molar-refractivity contribution in [3.63, 3.8) is 0 Å². The maximum Gasteiger partial charge on any atom is 0.338 e. The van der Waals surface area contributed by atoms with Gasteiger partial charge in [0.15, 0.2) is 4.80 Å². The first-order valence-corrected chi connectivity index (χ1v) is 15.0. The van der Waals surface area contributed by atoms with Gasteiger partial charge in [-0.2, -0.15) is 0 Å². The van der Waals surface area contributed by atoms with Crippen molar-refractivity contribution >= 4 is 51.7 Å². The lowest BCUT2D eigenvalue weighted by molar-refractivity contribution is -0.384. The van der Waals surface area contributed by atoms with Crippen molar-refractivity contribution in [1.29, 1.82) is 0 Å². The van der Waals surface area contributed by atoms with Crippen LogP contribution in [-0.4, -0.2) is 22.1 Å². The predicted octanol–water partition coefficient (Wildman–Crippen LogP) is 5.83. The average molecular weight is 708 g/mol. The van der Waals surface area contributed by atoms with Gasteiger partial charge in [-0.1, -0.05) is 35.6 Å². The van der Waals surface area contributed by atoms with Crippen LogP contribution in [0.5, 0.6) is 0 Å². The van der Waals surface area contributed by atoms with E-state index in [1.54, 1.807) is 50.3 Å². The lowest BCUT2D eigenvalue weighted by Gasteiger charge is -2.22. The number of thiazole rings is 1. The summed E-state index contributed by atoms with van der Waals surface area (Å²) in [6, 6.07) is 19.9. The molecule has 43 heavy (non-hydrogen) atoms. The molecule has 5 aromatic rings. The second-order valence-electron chi connectivity index (χ2n) is 9.52. The van der Waals surface area contributed by atoms with Gasteiger partial charge in [-0.05, 0) is 72.8 Å². The zero-order valence-corrected chi connectivity index (χ0v) is 25.7. The van der Waals surface area contributed by atoms with Crippen LogP contribution in [0.25, 0.3) is 28.7 Å². The molecule has 4 heterocycles. The number of furan rings is 2. The Balaban J connectivity index is 1.45. The molecule has 0 aliphatic carbocycles. The van der Waals surface area contributed by atoms with Crippen LogP contribution in [0.4, 0.5) is 5.69 Å². The number of esters is 1. The third-order valence-electron chi connectivity index (χ3n) is 6.78. The maximum atomic E-state index is 13.9. The van der Waals surface area contributed by atoms with E-state index in [0.717, 1.165) is 9.13 Å². The number of nitro groups is 1. The number of fused-ring (bicyclic) bond motifs is 1. The summed E-state index contributed by atoms with van der Waals surface area (Å²) in [6.45, 7) is 3.50. The zero-order valence-electron chi connectivity index (χ0n) is 22.8. The molecule has 0 spiro atoms. The third-order valence-corrected chi connectivity index (χ3v) is 8.49. The normalized spacial score (nSPS) is 14.9. The Morgan fingerprint density at radius 3 is 2.58 bits per heavy atom. The highest BCUT2D eigenvalue weighted by atomic mass is 127. The van der Waals surface area contributed by atoms with Crippen LogP contribution in [0.2, 0.25) is 0 Å². The van der Waals surface area contributed by atoms with Gasteiger partial charge < -0.3 is 13.6 Å². The van der Waals surface area contributed by atoms with Gasteiger partial charge in [0.2, 0.25) is 0 Å². The molecule has 2 aromatic carbocycles. The minimum absolute atomic E-state index is 0.0884. The summed E-state index contributed by atoms with van der Waals surface area (Å²) in [5.74, 6) is 1.16. The number of allylic oxidation sites excluding steroid dienone is 1. The summed E-state index contributed by atoms with van der Waals surface area (Å²) < 4.78 is 20.4. The van der Waals surface area contributed by atoms with Gasteiger partial charge in [0.1, 0.15) is 29.1 Å². The molecule has 0 bridgehead atoms. The summed E-state index contributed by atoms with van der Waals surface area (Å²) in [7, 11) is 0. The van der Waals surface area contributed by atoms with Crippen LogP contribution in [-0.2, 0) is 9.53 Å². The average Bonchev–Trinajstić information content (AvgIpc) is 3.73. The summed E-state index contributed by atoms with van der Waals surface area (Å²) in [5, 5.41) is 11.3. The molecule has 1 aliphatic heterocycles. The van der Waals surface area contributed by atoms with Crippen LogP contribution in [0.3, 0.4) is 0 Å². The molecular weight excluding hydrogens is 685 g/mol. The van der Waals surface area contributed by atoms with Gasteiger partial charge in [-0.15, -0.1) is 0 Å². The molecule has 3 aromatic heterocycles. The first-order chi connectivity index (χ1) is 20.7. The number of carbonyl (C=O) groups is 1. The smallest absolute Gasteiger partial charge is 0.338 e. The number of nitrogens with zero attached hydrogens (tertiary/aromatic N) is 3. The zero-order chi connectivity index (χ0) is 30.2. The number of hydrogen-bond acceptors (Lipinski definition) is 9. The van der Waals surface area contributed by atoms with Gasteiger partial charge in [-0.25, -0.2) is 9.79 Å². The van der Waals surface area contributed by atoms with Crippen LogP contribution in [0, 0.1) is 13.7 Å². The van der Waals surface area contributed by atoms with Crippen molar-refractivity contribution in [2.75, 3.05) is 6.61 Å². The van der Waals surface area contributed by atoms with Crippen LogP contribution < -0.4 is 14.9 Å². The van der Waals surface area contributed by atoms with Gasteiger partial charge in [0, 0.05) is 32.9 Å². The van der Waals surface area contributed by atoms with E-state index in [2.05, 4.69) is 27.6 Å². The largest absolute Gasteiger partial charge is 0.463 e. The summed E-state index contributed by atoms with van der Waals surface area (Å²) in [5.41, 5.74) is 1.47. The molecule has 12 heteroatoms. The standard InChI is InChI=1S/C31H22IN3O7S/c1-3-40-30(37)27-17(2)33-31-34(28(27)25-14-13-24(42-25)19-5-4-6-21(15-19)35(38)39)29(36)26(43-31)16-22-11-12-23(41-22)18-7-9-20(32)10-8-18/h4-16,28H,3H2,1-2H3/b26-16-/t28-/m1/s1. The number of ether oxygens (including phenoxy) is 1. The highest BCUT2D eigenvalue weighted by Crippen LogP contribution is 2.35. The van der Waals surface area contributed by atoms with E-state index in [1.807, 2.05) is 30.3 Å². The van der Waals surface area contributed by atoms with Crippen molar-refractivity contribution in [3.8, 4) is 22.6 Å². The van der Waals surface area contributed by atoms with Gasteiger partial charge in [0.05, 0.1) is 27.3 Å². The number of non-ortho nitro benzene ring substituents is 1. The third kappa shape index (κ3) is 5.50. The minimum Gasteiger partial charge on any atom is -0.463 e. The molecule has 216 valence electrons. The molecule has 0 radical (unpaired) electrons. The number of rotatable bonds is 7. The summed E-state index contributed by atoms with van der Waals surface area (Å²) in [4.78, 5) is 42.8. The fourth-order valence-electron chi connectivity index (χ4n) is 4.82. The van der Waals surface area contributed by atoms with E-state index in [-0.39, 0.29) is 29.2 Å². The van der Waals surface area contributed by atoms with Gasteiger partial charge >= 0.3 is 5.97 Å². The van der Waals surface area contributed by atoms with E-state index in [0.29, 0.717) is 37.9 Å². The van der Waals surface area contributed by atoms with Gasteiger partial charge in [-0.3, -0.25) is 19.5 Å². The Morgan fingerprint density at radius 2 is 1.84 bits per heavy atom. The molecule has 0 saturated heterocycles. The minimum atomic E-state index is -0.969. The number of nitro benzene ring substituents is 1. The highest BCUT2D eigenvalue weighted by molar-refractivity contribution is 14.1. The van der Waals surface area contributed by atoms with Crippen LogP contribution in [0.1, 0.15) is 31.4 Å². The monoisotopic (exact) mass is 707 g/mol. The molecule has 0 N–H and O–H groups in total. The number of aromatic nitrogens is 1. The summed E-state index contributed by atoms with van der Waals surface area (Å²) in [6.07, 6.45) is 1.65. The lowest BCUT2D eigenvalue weighted by atomic mass is 10.0. The molecule has 0 amide bonds. The maximum absolute atomic E-state index is 13.9. The van der Waals surface area contributed by atoms with Crippen LogP contribution in [0.15, 0.2) is 103 Å². The van der Waals surface area contributed by atoms with E-state index in [9.17, 15) is 19.7 Å². The predicted molar refractivity (Wildman–Crippen MR) is 168 cm³/mol. The molecule has 6 rings (SSSR count). The number of carbonyl (C=O) groups excluding carboxylic acids is 1. The molecule has 0 fully saturated rings. The Morgan fingerprint density at radius 1 is 1.09 bits per heavy atom. The quantitative estimate of drug-likeness (QED) is 0.0901. The number of benzene rings is 2. The fourth-order valence-corrected chi connectivity index (χ4v) is 6.20. The molecule has 0 saturated carbocycles. The van der Waals surface area contributed by atoms with E-state index >= 15 is 0 Å². The first-order valence-electron chi connectivity index (χ1n) is 13.1. The molecule has 1 aliphatic rings. The van der Waals surface area contributed by atoms with Gasteiger partial charge in [0.25, 0.3) is 11.2 Å².